The third-order valence-electron chi connectivity index (χ3n) is 5.62. The Bertz CT molecular complexity index is 993. The molecule has 2 aromatic heterocycles. The first-order chi connectivity index (χ1) is 13.8. The molecule has 0 atom stereocenters. The van der Waals surface area contributed by atoms with Crippen molar-refractivity contribution < 1.29 is 4.79 Å². The zero-order valence-corrected chi connectivity index (χ0v) is 15.6. The largest absolute Gasteiger partial charge is 0.336 e. The lowest BCUT2D eigenvalue weighted by molar-refractivity contribution is -0.133. The monoisotopic (exact) mass is 378 g/mol. The van der Waals surface area contributed by atoms with Gasteiger partial charge >= 0.3 is 0 Å². The van der Waals surface area contributed by atoms with Crippen LogP contribution in [-0.4, -0.2) is 59.2 Å². The maximum absolute atomic E-state index is 12.8. The summed E-state index contributed by atoms with van der Waals surface area (Å²) in [6, 6.07) is 8.54. The number of aromatic amines is 1. The van der Waals surface area contributed by atoms with Gasteiger partial charge in [-0.05, 0) is 28.0 Å². The molecule has 28 heavy (non-hydrogen) atoms. The van der Waals surface area contributed by atoms with Crippen molar-refractivity contribution >= 4 is 5.91 Å². The van der Waals surface area contributed by atoms with Crippen LogP contribution in [0.4, 0.5) is 0 Å². The van der Waals surface area contributed by atoms with E-state index in [1.807, 2.05) is 4.90 Å². The normalized spacial score (nSPS) is 16.6. The maximum atomic E-state index is 12.8. The van der Waals surface area contributed by atoms with E-state index in [2.05, 4.69) is 54.9 Å². The SMILES string of the molecule is O=C(Cn1nnnc1CN1CCc2ccccc2C1)N1CCc2[nH]ncc2C1. The van der Waals surface area contributed by atoms with Gasteiger partial charge in [-0.25, -0.2) is 4.68 Å². The minimum Gasteiger partial charge on any atom is -0.336 e. The van der Waals surface area contributed by atoms with E-state index >= 15 is 0 Å². The Morgan fingerprint density at radius 2 is 1.96 bits per heavy atom. The predicted molar refractivity (Wildman–Crippen MR) is 99.8 cm³/mol. The maximum Gasteiger partial charge on any atom is 0.244 e. The zero-order valence-electron chi connectivity index (χ0n) is 15.6. The van der Waals surface area contributed by atoms with Crippen molar-refractivity contribution in [3.63, 3.8) is 0 Å². The lowest BCUT2D eigenvalue weighted by Gasteiger charge is -2.28. The van der Waals surface area contributed by atoms with Crippen molar-refractivity contribution in [3.8, 4) is 0 Å². The van der Waals surface area contributed by atoms with Gasteiger partial charge in [0.15, 0.2) is 5.82 Å². The molecule has 1 aromatic carbocycles. The summed E-state index contributed by atoms with van der Waals surface area (Å²) in [6.45, 7) is 3.93. The van der Waals surface area contributed by atoms with E-state index < -0.39 is 0 Å². The molecule has 9 heteroatoms. The van der Waals surface area contributed by atoms with E-state index in [-0.39, 0.29) is 12.5 Å². The average molecular weight is 378 g/mol. The Balaban J connectivity index is 1.24. The van der Waals surface area contributed by atoms with Crippen LogP contribution in [0.15, 0.2) is 30.5 Å². The van der Waals surface area contributed by atoms with Gasteiger partial charge in [0.2, 0.25) is 5.91 Å². The van der Waals surface area contributed by atoms with Gasteiger partial charge in [-0.1, -0.05) is 24.3 Å². The summed E-state index contributed by atoms with van der Waals surface area (Å²) in [6.07, 6.45) is 3.62. The molecule has 0 aliphatic carbocycles. The standard InChI is InChI=1S/C19H22N8O/c28-19(26-8-6-17-16(11-26)9-20-21-17)13-27-18(22-23-24-27)12-25-7-5-14-3-1-2-4-15(14)10-25/h1-4,9H,5-8,10-13H2,(H,20,21). The molecule has 0 saturated carbocycles. The highest BCUT2D eigenvalue weighted by molar-refractivity contribution is 5.76. The summed E-state index contributed by atoms with van der Waals surface area (Å²) in [5, 5.41) is 19.1. The van der Waals surface area contributed by atoms with Crippen LogP contribution in [0.3, 0.4) is 0 Å². The number of benzene rings is 1. The molecule has 2 aliphatic rings. The number of rotatable bonds is 4. The second-order valence-corrected chi connectivity index (χ2v) is 7.42. The van der Waals surface area contributed by atoms with Crippen molar-refractivity contribution in [3.05, 3.63) is 58.7 Å². The van der Waals surface area contributed by atoms with Crippen LogP contribution in [0.25, 0.3) is 0 Å². The summed E-state index contributed by atoms with van der Waals surface area (Å²) < 4.78 is 1.63. The highest BCUT2D eigenvalue weighted by Crippen LogP contribution is 2.20. The van der Waals surface area contributed by atoms with Crippen LogP contribution < -0.4 is 0 Å². The lowest BCUT2D eigenvalue weighted by atomic mass is 10.00. The van der Waals surface area contributed by atoms with Gasteiger partial charge < -0.3 is 4.90 Å². The quantitative estimate of drug-likeness (QED) is 0.712. The van der Waals surface area contributed by atoms with Crippen molar-refractivity contribution in [2.75, 3.05) is 13.1 Å². The van der Waals surface area contributed by atoms with Crippen LogP contribution in [0, 0.1) is 0 Å². The first-order valence-electron chi connectivity index (χ1n) is 9.59. The van der Waals surface area contributed by atoms with Crippen molar-refractivity contribution in [1.29, 1.82) is 0 Å². The molecular weight excluding hydrogens is 356 g/mol. The number of nitrogens with zero attached hydrogens (tertiary/aromatic N) is 7. The van der Waals surface area contributed by atoms with E-state index in [1.54, 1.807) is 10.9 Å². The minimum absolute atomic E-state index is 0.0318. The highest BCUT2D eigenvalue weighted by atomic mass is 16.2. The first kappa shape index (κ1) is 17.1. The number of hydrogen-bond donors (Lipinski definition) is 1. The Labute approximate surface area is 162 Å². The van der Waals surface area contributed by atoms with Crippen LogP contribution >= 0.6 is 0 Å². The van der Waals surface area contributed by atoms with Crippen LogP contribution in [0.1, 0.15) is 28.2 Å². The predicted octanol–water partition coefficient (Wildman–Crippen LogP) is 0.539. The molecule has 2 aliphatic heterocycles. The molecule has 1 amide bonds. The number of carbonyl (C=O) groups excluding carboxylic acids is 1. The lowest BCUT2D eigenvalue weighted by Crippen LogP contribution is -2.38. The van der Waals surface area contributed by atoms with Gasteiger partial charge in [0.1, 0.15) is 6.54 Å². The fraction of sp³-hybridized carbons (Fsp3) is 0.421. The molecule has 0 saturated heterocycles. The Morgan fingerprint density at radius 3 is 2.89 bits per heavy atom. The third-order valence-corrected chi connectivity index (χ3v) is 5.62. The molecular formula is C19H22N8O. The van der Waals surface area contributed by atoms with Gasteiger partial charge in [0.05, 0.1) is 12.7 Å². The number of hydrogen-bond acceptors (Lipinski definition) is 6. The van der Waals surface area contributed by atoms with Crippen LogP contribution in [-0.2, 0) is 43.8 Å². The number of H-pyrrole nitrogens is 1. The summed E-state index contributed by atoms with van der Waals surface area (Å²) >= 11 is 0. The van der Waals surface area contributed by atoms with Crippen molar-refractivity contribution in [2.24, 2.45) is 0 Å². The fourth-order valence-electron chi connectivity index (χ4n) is 4.01. The highest BCUT2D eigenvalue weighted by Gasteiger charge is 2.24. The smallest absolute Gasteiger partial charge is 0.244 e. The van der Waals surface area contributed by atoms with Gasteiger partial charge in [-0.2, -0.15) is 5.10 Å². The molecule has 0 bridgehead atoms. The average Bonchev–Trinajstić information content (AvgIpc) is 3.36. The van der Waals surface area contributed by atoms with Crippen LogP contribution in [0.5, 0.6) is 0 Å². The number of carbonyl (C=O) groups is 1. The molecule has 144 valence electrons. The Morgan fingerprint density at radius 1 is 1.07 bits per heavy atom. The molecule has 3 aromatic rings. The molecule has 0 spiro atoms. The van der Waals surface area contributed by atoms with E-state index in [4.69, 9.17) is 0 Å². The van der Waals surface area contributed by atoms with E-state index in [1.165, 1.54) is 11.1 Å². The minimum atomic E-state index is 0.0318. The Kier molecular flexibility index (Phi) is 4.36. The second kappa shape index (κ2) is 7.16. The molecule has 5 rings (SSSR count). The van der Waals surface area contributed by atoms with E-state index in [0.29, 0.717) is 19.6 Å². The molecule has 0 radical (unpaired) electrons. The number of amides is 1. The summed E-state index contributed by atoms with van der Waals surface area (Å²) in [5.74, 6) is 0.762. The van der Waals surface area contributed by atoms with Crippen molar-refractivity contribution in [2.45, 2.75) is 39.0 Å². The third kappa shape index (κ3) is 3.29. The fourth-order valence-corrected chi connectivity index (χ4v) is 4.01. The molecule has 1 N–H and O–H groups in total. The van der Waals surface area contributed by atoms with Crippen molar-refractivity contribution in [1.82, 2.24) is 40.2 Å². The molecule has 0 unspecified atom stereocenters. The number of aromatic nitrogens is 6. The summed E-state index contributed by atoms with van der Waals surface area (Å²) in [7, 11) is 0. The van der Waals surface area contributed by atoms with Crippen LogP contribution in [0.2, 0.25) is 0 Å². The first-order valence-corrected chi connectivity index (χ1v) is 9.59. The molecule has 4 heterocycles. The second-order valence-electron chi connectivity index (χ2n) is 7.42. The summed E-state index contributed by atoms with van der Waals surface area (Å²) in [4.78, 5) is 16.9. The molecule has 9 nitrogen and oxygen atoms in total. The van der Waals surface area contributed by atoms with Gasteiger partial charge in [0.25, 0.3) is 0 Å². The van der Waals surface area contributed by atoms with Gasteiger partial charge in [0, 0.05) is 43.9 Å². The number of nitrogens with one attached hydrogen (secondary N) is 1. The zero-order chi connectivity index (χ0) is 18.9. The summed E-state index contributed by atoms with van der Waals surface area (Å²) in [5.41, 5.74) is 4.98. The van der Waals surface area contributed by atoms with Gasteiger partial charge in [-0.15, -0.1) is 5.10 Å². The van der Waals surface area contributed by atoms with E-state index in [9.17, 15) is 4.79 Å². The number of tetrazole rings is 1. The topological polar surface area (TPSA) is 95.8 Å². The van der Waals surface area contributed by atoms with Gasteiger partial charge in [-0.3, -0.25) is 14.8 Å². The molecule has 0 fully saturated rings. The van der Waals surface area contributed by atoms with E-state index in [0.717, 1.165) is 43.0 Å². The Hall–Kier alpha value is -3.07. The number of fused-ring (bicyclic) bond motifs is 2.